The van der Waals surface area contributed by atoms with Crippen LogP contribution in [0.25, 0.3) is 0 Å². The molecule has 6 nitrogen and oxygen atoms in total. The third kappa shape index (κ3) is 2.60. The van der Waals surface area contributed by atoms with E-state index in [0.717, 1.165) is 0 Å². The van der Waals surface area contributed by atoms with E-state index in [1.54, 1.807) is 14.0 Å². The van der Waals surface area contributed by atoms with E-state index < -0.39 is 22.0 Å². The predicted molar refractivity (Wildman–Crippen MR) is 90.5 cm³/mol. The van der Waals surface area contributed by atoms with Crippen LogP contribution in [-0.4, -0.2) is 30.7 Å². The fraction of sp³-hybridized carbons (Fsp3) is 1.00. The van der Waals surface area contributed by atoms with E-state index in [4.69, 9.17) is 0 Å². The van der Waals surface area contributed by atoms with Crippen LogP contribution in [0.5, 0.6) is 0 Å². The highest BCUT2D eigenvalue weighted by Crippen LogP contribution is 2.50. The maximum absolute atomic E-state index is 12.8. The van der Waals surface area contributed by atoms with E-state index in [0.29, 0.717) is 19.3 Å². The van der Waals surface area contributed by atoms with Crippen LogP contribution in [0.15, 0.2) is 5.18 Å². The molecule has 2 N–H and O–H groups in total. The Morgan fingerprint density at radius 1 is 0.864 bits per heavy atom. The Kier molecular flexibility index (Phi) is 6.73. The summed E-state index contributed by atoms with van der Waals surface area (Å²) in [5.41, 5.74) is -3.41. The van der Waals surface area contributed by atoms with Crippen molar-refractivity contribution in [3.05, 3.63) is 15.3 Å². The minimum absolute atomic E-state index is 0.0169. The van der Waals surface area contributed by atoms with Crippen molar-refractivity contribution < 1.29 is 10.1 Å². The van der Waals surface area contributed by atoms with Crippen molar-refractivity contribution in [2.75, 3.05) is 14.1 Å². The lowest BCUT2D eigenvalue weighted by Crippen LogP contribution is -3.29. The van der Waals surface area contributed by atoms with Crippen LogP contribution in [0, 0.1) is 20.7 Å². The summed E-state index contributed by atoms with van der Waals surface area (Å²) in [5.74, 6) is 0. The first-order chi connectivity index (χ1) is 9.88. The Morgan fingerprint density at radius 3 is 1.50 bits per heavy atom. The second kappa shape index (κ2) is 6.91. The summed E-state index contributed by atoms with van der Waals surface area (Å²) < 4.78 is 0. The van der Waals surface area contributed by atoms with Gasteiger partial charge < -0.3 is 20.5 Å². The standard InChI is InChI=1S/C16H35N3O3/c1-10-13(4,14(5,11-2)17-20)16(7,19(9)22)15(6,12-3)18(8)21/h18-19H,10-12H2,1-9H3/t13?,14-,15?,16?/m0/s1. The van der Waals surface area contributed by atoms with Gasteiger partial charge in [0.2, 0.25) is 0 Å². The highest BCUT2D eigenvalue weighted by Gasteiger charge is 2.68. The third-order valence-electron chi connectivity index (χ3n) is 7.18. The summed E-state index contributed by atoms with van der Waals surface area (Å²) >= 11 is 0. The molecule has 22 heavy (non-hydrogen) atoms. The predicted octanol–water partition coefficient (Wildman–Crippen LogP) is 1.29. The summed E-state index contributed by atoms with van der Waals surface area (Å²) in [6.45, 7) is 13.3. The van der Waals surface area contributed by atoms with E-state index in [9.17, 15) is 15.3 Å². The van der Waals surface area contributed by atoms with E-state index in [1.165, 1.54) is 7.05 Å². The number of likely N-dealkylation sites (N-methyl/N-ethyl adjacent to an activating group) is 2. The second-order valence-corrected chi connectivity index (χ2v) is 7.33. The van der Waals surface area contributed by atoms with Gasteiger partial charge in [-0.1, -0.05) is 32.9 Å². The lowest BCUT2D eigenvalue weighted by molar-refractivity contribution is -0.981. The Morgan fingerprint density at radius 2 is 1.32 bits per heavy atom. The highest BCUT2D eigenvalue weighted by atomic mass is 16.5. The molecule has 6 atom stereocenters. The normalized spacial score (nSPS) is 26.0. The van der Waals surface area contributed by atoms with Gasteiger partial charge in [-0.05, 0) is 33.6 Å². The quantitative estimate of drug-likeness (QED) is 0.496. The van der Waals surface area contributed by atoms with Gasteiger partial charge in [0.25, 0.3) is 0 Å². The number of quaternary nitrogens is 2. The molecule has 0 spiro atoms. The minimum Gasteiger partial charge on any atom is -0.634 e. The summed E-state index contributed by atoms with van der Waals surface area (Å²) in [5, 5.41) is 28.6. The first-order valence-corrected chi connectivity index (χ1v) is 8.25. The van der Waals surface area contributed by atoms with Gasteiger partial charge in [-0.15, -0.1) is 0 Å². The number of hydroxylamine groups is 4. The number of nitrogens with one attached hydrogen (secondary N) is 2. The van der Waals surface area contributed by atoms with Crippen LogP contribution in [-0.2, 0) is 0 Å². The van der Waals surface area contributed by atoms with Crippen LogP contribution in [0.3, 0.4) is 0 Å². The number of nitroso groups, excluding NO2 is 1. The van der Waals surface area contributed by atoms with Crippen molar-refractivity contribution in [3.63, 3.8) is 0 Å². The van der Waals surface area contributed by atoms with Gasteiger partial charge in [-0.25, -0.2) is 0 Å². The molecule has 132 valence electrons. The fourth-order valence-corrected chi connectivity index (χ4v) is 4.17. The molecule has 0 radical (unpaired) electrons. The highest BCUT2D eigenvalue weighted by molar-refractivity contribution is 5.13. The van der Waals surface area contributed by atoms with E-state index in [-0.39, 0.29) is 10.1 Å². The van der Waals surface area contributed by atoms with Gasteiger partial charge in [-0.2, -0.15) is 4.91 Å². The molecule has 0 heterocycles. The Hall–Kier alpha value is -0.560. The lowest BCUT2D eigenvalue weighted by Gasteiger charge is -2.62. The van der Waals surface area contributed by atoms with Gasteiger partial charge in [0.15, 0.2) is 5.54 Å². The maximum atomic E-state index is 12.8. The van der Waals surface area contributed by atoms with Crippen molar-refractivity contribution >= 4 is 0 Å². The van der Waals surface area contributed by atoms with Crippen molar-refractivity contribution in [3.8, 4) is 0 Å². The Labute approximate surface area is 135 Å². The molecule has 0 aliphatic carbocycles. The fourth-order valence-electron chi connectivity index (χ4n) is 4.17. The molecular formula is C16H35N3O3. The average molecular weight is 317 g/mol. The first-order valence-electron chi connectivity index (χ1n) is 8.25. The third-order valence-corrected chi connectivity index (χ3v) is 7.18. The number of hydrogen-bond donors (Lipinski definition) is 2. The second-order valence-electron chi connectivity index (χ2n) is 7.33. The number of hydrogen-bond acceptors (Lipinski definition) is 4. The molecule has 0 saturated heterocycles. The van der Waals surface area contributed by atoms with Gasteiger partial charge >= 0.3 is 0 Å². The molecule has 0 rings (SSSR count). The zero-order valence-electron chi connectivity index (χ0n) is 15.8. The molecular weight excluding hydrogens is 282 g/mol. The largest absolute Gasteiger partial charge is 0.634 e. The topological polar surface area (TPSA) is 84.4 Å². The van der Waals surface area contributed by atoms with Gasteiger partial charge in [-0.3, -0.25) is 0 Å². The molecule has 0 aromatic carbocycles. The van der Waals surface area contributed by atoms with E-state index in [2.05, 4.69) is 5.18 Å². The van der Waals surface area contributed by atoms with E-state index in [1.807, 2.05) is 41.5 Å². The SMILES string of the molecule is CCC(C)([NH+](C)[O-])C(C)([NH+](C)[O-])C(C)(CC)[C@](C)(CC)N=O. The van der Waals surface area contributed by atoms with Gasteiger partial charge in [0.05, 0.1) is 19.5 Å². The molecule has 0 amide bonds. The molecule has 0 aliphatic rings. The average Bonchev–Trinajstić information content (AvgIpc) is 2.50. The van der Waals surface area contributed by atoms with Crippen molar-refractivity contribution in [2.45, 2.75) is 84.3 Å². The number of rotatable bonds is 9. The number of nitrogens with zero attached hydrogens (tertiary/aromatic N) is 1. The summed E-state index contributed by atoms with van der Waals surface area (Å²) in [4.78, 5) is 11.7. The zero-order valence-corrected chi connectivity index (χ0v) is 15.8. The van der Waals surface area contributed by atoms with Gasteiger partial charge in [0, 0.05) is 6.42 Å². The van der Waals surface area contributed by atoms with Crippen LogP contribution in [0.4, 0.5) is 0 Å². The first kappa shape index (κ1) is 21.4. The van der Waals surface area contributed by atoms with Crippen molar-refractivity contribution in [1.82, 2.24) is 0 Å². The lowest BCUT2D eigenvalue weighted by atomic mass is 9.52. The molecule has 0 fully saturated rings. The molecule has 0 bridgehead atoms. The molecule has 0 saturated carbocycles. The molecule has 0 aromatic heterocycles. The molecule has 0 aromatic rings. The Balaban J connectivity index is 6.63. The maximum Gasteiger partial charge on any atom is 0.157 e. The smallest absolute Gasteiger partial charge is 0.157 e. The monoisotopic (exact) mass is 317 g/mol. The zero-order chi connectivity index (χ0) is 18.0. The molecule has 6 heteroatoms. The summed E-state index contributed by atoms with van der Waals surface area (Å²) in [6, 6.07) is 0. The van der Waals surface area contributed by atoms with E-state index >= 15 is 0 Å². The minimum atomic E-state index is -0.964. The summed E-state index contributed by atoms with van der Waals surface area (Å²) in [6.07, 6.45) is 1.68. The molecule has 0 aliphatic heterocycles. The van der Waals surface area contributed by atoms with Gasteiger partial charge in [0.1, 0.15) is 11.1 Å². The Bertz CT molecular complexity index is 391. The van der Waals surface area contributed by atoms with Crippen LogP contribution < -0.4 is 10.1 Å². The summed E-state index contributed by atoms with van der Waals surface area (Å²) in [7, 11) is 3.07. The van der Waals surface area contributed by atoms with Crippen molar-refractivity contribution in [1.29, 1.82) is 0 Å². The molecule has 5 unspecified atom stereocenters. The van der Waals surface area contributed by atoms with Crippen LogP contribution in [0.1, 0.15) is 67.7 Å². The van der Waals surface area contributed by atoms with Crippen LogP contribution >= 0.6 is 0 Å². The van der Waals surface area contributed by atoms with Crippen molar-refractivity contribution in [2.24, 2.45) is 10.6 Å². The van der Waals surface area contributed by atoms with Crippen LogP contribution in [0.2, 0.25) is 0 Å².